The van der Waals surface area contributed by atoms with Gasteiger partial charge in [0, 0.05) is 57.4 Å². The van der Waals surface area contributed by atoms with Crippen LogP contribution in [-0.4, -0.2) is 14.5 Å². The molecule has 0 aliphatic heterocycles. The van der Waals surface area contributed by atoms with Gasteiger partial charge < -0.3 is 4.42 Å². The average molecular weight is 724 g/mol. The molecule has 8 aromatic carbocycles. The van der Waals surface area contributed by atoms with E-state index in [9.17, 15) is 0 Å². The molecule has 13 aromatic rings. The number of hydrogen-bond donors (Lipinski definition) is 0. The van der Waals surface area contributed by atoms with E-state index in [4.69, 9.17) is 14.4 Å². The number of fused-ring (bicyclic) bond motifs is 18. The van der Waals surface area contributed by atoms with Gasteiger partial charge in [-0.3, -0.25) is 4.57 Å². The SMILES string of the molecule is c1ccc2c(c1)ccc1sc3c(c4ccccc4c4c5ccccc5n(-c5nc6oc7ccccc7c6nc5-c5cccc6c5sc5ccccc56)c34)c12. The minimum Gasteiger partial charge on any atom is -0.436 e. The van der Waals surface area contributed by atoms with Crippen molar-refractivity contribution < 1.29 is 4.42 Å². The van der Waals surface area contributed by atoms with Crippen LogP contribution in [0.2, 0.25) is 0 Å². The summed E-state index contributed by atoms with van der Waals surface area (Å²) in [6, 6.07) is 54.4. The summed E-state index contributed by atoms with van der Waals surface area (Å²) < 4.78 is 13.9. The van der Waals surface area contributed by atoms with Crippen LogP contribution < -0.4 is 0 Å². The molecule has 0 bridgehead atoms. The molecular formula is C48H25N3OS2. The van der Waals surface area contributed by atoms with Crippen LogP contribution in [0.1, 0.15) is 0 Å². The van der Waals surface area contributed by atoms with Gasteiger partial charge in [-0.25, -0.2) is 4.98 Å². The highest BCUT2D eigenvalue weighted by Crippen LogP contribution is 2.50. The van der Waals surface area contributed by atoms with Crippen LogP contribution in [0.4, 0.5) is 0 Å². The van der Waals surface area contributed by atoms with Gasteiger partial charge in [-0.2, -0.15) is 4.98 Å². The monoisotopic (exact) mass is 723 g/mol. The fourth-order valence-corrected chi connectivity index (χ4v) is 11.4. The second-order valence-corrected chi connectivity index (χ2v) is 16.1. The van der Waals surface area contributed by atoms with Crippen LogP contribution in [-0.2, 0) is 0 Å². The van der Waals surface area contributed by atoms with E-state index >= 15 is 0 Å². The quantitative estimate of drug-likeness (QED) is 0.178. The predicted molar refractivity (Wildman–Crippen MR) is 230 cm³/mol. The Bertz CT molecular complexity index is 3750. The van der Waals surface area contributed by atoms with Gasteiger partial charge in [-0.05, 0) is 51.9 Å². The van der Waals surface area contributed by atoms with Gasteiger partial charge in [0.05, 0.1) is 15.7 Å². The van der Waals surface area contributed by atoms with Crippen molar-refractivity contribution in [2.75, 3.05) is 0 Å². The van der Waals surface area contributed by atoms with Crippen molar-refractivity contribution in [3.8, 4) is 17.1 Å². The van der Waals surface area contributed by atoms with Crippen LogP contribution in [0, 0.1) is 0 Å². The normalized spacial score (nSPS) is 12.4. The first-order chi connectivity index (χ1) is 26.8. The van der Waals surface area contributed by atoms with E-state index in [-0.39, 0.29) is 0 Å². The zero-order valence-electron chi connectivity index (χ0n) is 28.5. The van der Waals surface area contributed by atoms with Crippen molar-refractivity contribution in [3.63, 3.8) is 0 Å². The lowest BCUT2D eigenvalue weighted by Gasteiger charge is -2.14. The molecule has 0 atom stereocenters. The Morgan fingerprint density at radius 1 is 0.463 bits per heavy atom. The molecule has 5 aromatic heterocycles. The van der Waals surface area contributed by atoms with Crippen LogP contribution >= 0.6 is 22.7 Å². The maximum atomic E-state index is 6.51. The van der Waals surface area contributed by atoms with E-state index < -0.39 is 0 Å². The number of hydrogen-bond acceptors (Lipinski definition) is 5. The summed E-state index contributed by atoms with van der Waals surface area (Å²) in [4.78, 5) is 11.1. The Morgan fingerprint density at radius 3 is 2.04 bits per heavy atom. The average Bonchev–Trinajstić information content (AvgIpc) is 3.99. The highest BCUT2D eigenvalue weighted by atomic mass is 32.1. The Morgan fingerprint density at radius 2 is 1.15 bits per heavy atom. The molecule has 4 nitrogen and oxygen atoms in total. The molecule has 6 heteroatoms. The van der Waals surface area contributed by atoms with Gasteiger partial charge in [0.25, 0.3) is 0 Å². The van der Waals surface area contributed by atoms with Gasteiger partial charge in [-0.1, -0.05) is 121 Å². The van der Waals surface area contributed by atoms with E-state index in [2.05, 4.69) is 138 Å². The third-order valence-corrected chi connectivity index (χ3v) is 13.6. The number of thiophene rings is 2. The summed E-state index contributed by atoms with van der Waals surface area (Å²) in [5.41, 5.74) is 6.21. The summed E-state index contributed by atoms with van der Waals surface area (Å²) in [5, 5.41) is 13.4. The van der Waals surface area contributed by atoms with Crippen molar-refractivity contribution in [2.24, 2.45) is 0 Å². The molecule has 0 saturated heterocycles. The van der Waals surface area contributed by atoms with Gasteiger partial charge in [0.15, 0.2) is 5.82 Å². The topological polar surface area (TPSA) is 43.9 Å². The molecule has 0 saturated carbocycles. The Hall–Kier alpha value is -6.60. The molecule has 5 heterocycles. The van der Waals surface area contributed by atoms with Gasteiger partial charge in [-0.15, -0.1) is 22.7 Å². The van der Waals surface area contributed by atoms with Crippen molar-refractivity contribution in [3.05, 3.63) is 152 Å². The van der Waals surface area contributed by atoms with Crippen molar-refractivity contribution in [1.29, 1.82) is 0 Å². The van der Waals surface area contributed by atoms with E-state index in [1.165, 1.54) is 72.7 Å². The van der Waals surface area contributed by atoms with Crippen LogP contribution in [0.25, 0.3) is 123 Å². The third-order valence-electron chi connectivity index (χ3n) is 11.2. The Kier molecular flexibility index (Phi) is 5.63. The predicted octanol–water partition coefficient (Wildman–Crippen LogP) is 14.2. The Labute approximate surface area is 314 Å². The largest absolute Gasteiger partial charge is 0.436 e. The van der Waals surface area contributed by atoms with E-state index in [0.717, 1.165) is 44.6 Å². The second kappa shape index (κ2) is 10.5. The number of rotatable bonds is 2. The first-order valence-electron chi connectivity index (χ1n) is 18.1. The molecule has 0 radical (unpaired) electrons. The van der Waals surface area contributed by atoms with Crippen molar-refractivity contribution in [2.45, 2.75) is 0 Å². The Balaban J connectivity index is 1.28. The number of furan rings is 1. The lowest BCUT2D eigenvalue weighted by Crippen LogP contribution is -2.03. The maximum absolute atomic E-state index is 6.51. The molecule has 54 heavy (non-hydrogen) atoms. The van der Waals surface area contributed by atoms with Gasteiger partial charge >= 0.3 is 0 Å². The third kappa shape index (κ3) is 3.71. The summed E-state index contributed by atoms with van der Waals surface area (Å²) in [6.45, 7) is 0. The zero-order chi connectivity index (χ0) is 35.1. The first-order valence-corrected chi connectivity index (χ1v) is 19.7. The van der Waals surface area contributed by atoms with E-state index in [0.29, 0.717) is 5.71 Å². The summed E-state index contributed by atoms with van der Waals surface area (Å²) in [5.74, 6) is 0.761. The highest BCUT2D eigenvalue weighted by Gasteiger charge is 2.27. The minimum absolute atomic E-state index is 0.531. The summed E-state index contributed by atoms with van der Waals surface area (Å²) >= 11 is 3.69. The highest BCUT2D eigenvalue weighted by molar-refractivity contribution is 7.27. The van der Waals surface area contributed by atoms with Crippen molar-refractivity contribution >= 4 is 129 Å². The molecule has 0 amide bonds. The molecule has 0 aliphatic carbocycles. The minimum atomic E-state index is 0.531. The summed E-state index contributed by atoms with van der Waals surface area (Å²) in [6.07, 6.45) is 0. The molecule has 0 aliphatic rings. The lowest BCUT2D eigenvalue weighted by molar-refractivity contribution is 0.652. The summed E-state index contributed by atoms with van der Waals surface area (Å²) in [7, 11) is 0. The number of aromatic nitrogens is 3. The fourth-order valence-electron chi connectivity index (χ4n) is 8.94. The molecule has 0 unspecified atom stereocenters. The van der Waals surface area contributed by atoms with Crippen LogP contribution in [0.5, 0.6) is 0 Å². The number of nitrogens with zero attached hydrogens (tertiary/aromatic N) is 3. The molecule has 0 fully saturated rings. The first kappa shape index (κ1) is 28.9. The second-order valence-electron chi connectivity index (χ2n) is 14.0. The van der Waals surface area contributed by atoms with E-state index in [1.807, 2.05) is 40.9 Å². The van der Waals surface area contributed by atoms with E-state index in [1.54, 1.807) is 0 Å². The maximum Gasteiger partial charge on any atom is 0.248 e. The van der Waals surface area contributed by atoms with Crippen LogP contribution in [0.15, 0.2) is 156 Å². The molecule has 13 rings (SSSR count). The van der Waals surface area contributed by atoms with Crippen LogP contribution in [0.3, 0.4) is 0 Å². The fraction of sp³-hybridized carbons (Fsp3) is 0. The van der Waals surface area contributed by atoms with Crippen molar-refractivity contribution in [1.82, 2.24) is 14.5 Å². The standard InChI is InChI=1S/C48H25N3OS2/c1-2-13-27-26(12-1)24-25-38-40(27)41-30-16-4-3-15-29(30)39-32-17-5-8-21-35(32)51(44(39)46(41)54-38)47-42(49-43-33-18-6-9-22-36(33)52-48(43)50-47)34-20-11-19-31-28-14-7-10-23-37(28)53-45(31)34/h1-25H. The number of para-hydroxylation sites is 2. The molecule has 0 spiro atoms. The molecule has 250 valence electrons. The number of benzene rings is 8. The lowest BCUT2D eigenvalue weighted by atomic mass is 9.96. The molecule has 0 N–H and O–H groups in total. The van der Waals surface area contributed by atoms with Gasteiger partial charge in [0.2, 0.25) is 5.71 Å². The zero-order valence-corrected chi connectivity index (χ0v) is 30.1. The van der Waals surface area contributed by atoms with Gasteiger partial charge in [0.1, 0.15) is 16.8 Å². The smallest absolute Gasteiger partial charge is 0.248 e. The molecular weight excluding hydrogens is 699 g/mol.